The molecule has 1 saturated heterocycles. The number of carbonyl (C=O) groups is 1. The second-order valence-corrected chi connectivity index (χ2v) is 13.6. The Balaban J connectivity index is 2.33. The molecule has 0 bridgehead atoms. The maximum atomic E-state index is 12.3. The van der Waals surface area contributed by atoms with Crippen molar-refractivity contribution in [1.29, 1.82) is 0 Å². The quantitative estimate of drug-likeness (QED) is 0.428. The summed E-state index contributed by atoms with van der Waals surface area (Å²) < 4.78 is 18.9. The van der Waals surface area contributed by atoms with Gasteiger partial charge in [-0.05, 0) is 38.1 Å². The number of hydrogen-bond acceptors (Lipinski definition) is 6. The summed E-state index contributed by atoms with van der Waals surface area (Å²) in [6, 6.07) is 0. The summed E-state index contributed by atoms with van der Waals surface area (Å²) in [5, 5.41) is -0.00803. The monoisotopic (exact) mass is 424 g/mol. The Kier molecular flexibility index (Phi) is 7.08. The zero-order valence-corrected chi connectivity index (χ0v) is 19.3. The predicted molar refractivity (Wildman–Crippen MR) is 112 cm³/mol. The van der Waals surface area contributed by atoms with E-state index in [0.717, 1.165) is 0 Å². The lowest BCUT2D eigenvalue weighted by Crippen LogP contribution is -2.45. The van der Waals surface area contributed by atoms with Gasteiger partial charge in [-0.3, -0.25) is 14.3 Å². The molecule has 0 radical (unpaired) electrons. The van der Waals surface area contributed by atoms with Gasteiger partial charge < -0.3 is 13.9 Å². The third-order valence-corrected chi connectivity index (χ3v) is 10.0. The first-order valence-electron chi connectivity index (χ1n) is 9.86. The summed E-state index contributed by atoms with van der Waals surface area (Å²) in [4.78, 5) is 38.0. The molecule has 0 aromatic carbocycles. The fourth-order valence-corrected chi connectivity index (χ4v) is 4.18. The highest BCUT2D eigenvalue weighted by atomic mass is 28.4. The molecule has 2 rings (SSSR count). The van der Waals surface area contributed by atoms with Crippen LogP contribution in [-0.4, -0.2) is 42.7 Å². The van der Waals surface area contributed by atoms with Gasteiger partial charge in [0.25, 0.3) is 5.56 Å². The summed E-state index contributed by atoms with van der Waals surface area (Å²) >= 11 is 0. The van der Waals surface area contributed by atoms with Crippen molar-refractivity contribution in [3.05, 3.63) is 44.8 Å². The lowest BCUT2D eigenvalue weighted by molar-refractivity contribution is -0.137. The van der Waals surface area contributed by atoms with Crippen LogP contribution in [0.15, 0.2) is 27.9 Å². The number of aromatic nitrogens is 2. The zero-order valence-electron chi connectivity index (χ0n) is 18.3. The van der Waals surface area contributed by atoms with E-state index in [1.54, 1.807) is 19.9 Å². The topological polar surface area (TPSA) is 99.6 Å². The summed E-state index contributed by atoms with van der Waals surface area (Å²) in [5.74, 6) is -0.456. The van der Waals surface area contributed by atoms with Crippen LogP contribution in [0.3, 0.4) is 0 Å². The highest BCUT2D eigenvalue weighted by Gasteiger charge is 2.44. The Morgan fingerprint density at radius 2 is 2.03 bits per heavy atom. The fraction of sp³-hybridized carbons (Fsp3) is 0.650. The minimum absolute atomic E-state index is 0.00803. The van der Waals surface area contributed by atoms with Crippen LogP contribution < -0.4 is 11.2 Å². The molecule has 0 aliphatic carbocycles. The highest BCUT2D eigenvalue weighted by molar-refractivity contribution is 6.74. The SMILES string of the molecule is CCOC(=O)C=C[C@H]1O[C@@H](n2cc(C)c(=O)[nH]c2=O)CC1O[Si](C)(C)C(C)(C)C. The van der Waals surface area contributed by atoms with Gasteiger partial charge in [-0.25, -0.2) is 9.59 Å². The number of ether oxygens (including phenoxy) is 2. The number of H-pyrrole nitrogens is 1. The molecule has 8 nitrogen and oxygen atoms in total. The predicted octanol–water partition coefficient (Wildman–Crippen LogP) is 2.64. The summed E-state index contributed by atoms with van der Waals surface area (Å²) in [7, 11) is -2.12. The Bertz CT molecular complexity index is 880. The van der Waals surface area contributed by atoms with Gasteiger partial charge in [-0.2, -0.15) is 0 Å². The van der Waals surface area contributed by atoms with Crippen molar-refractivity contribution >= 4 is 14.3 Å². The normalized spacial score (nSPS) is 22.9. The smallest absolute Gasteiger partial charge is 0.330 e. The molecule has 2 heterocycles. The number of hydrogen-bond donors (Lipinski definition) is 1. The van der Waals surface area contributed by atoms with Gasteiger partial charge in [0.05, 0.1) is 12.7 Å². The average Bonchev–Trinajstić information content (AvgIpc) is 2.97. The van der Waals surface area contributed by atoms with Gasteiger partial charge in [0.2, 0.25) is 0 Å². The van der Waals surface area contributed by atoms with Gasteiger partial charge in [0, 0.05) is 24.3 Å². The molecule has 1 N–H and O–H groups in total. The average molecular weight is 425 g/mol. The molecule has 0 saturated carbocycles. The Hall–Kier alpha value is -1.97. The first kappa shape index (κ1) is 23.3. The Morgan fingerprint density at radius 1 is 1.38 bits per heavy atom. The molecule has 0 amide bonds. The summed E-state index contributed by atoms with van der Waals surface area (Å²) in [6.07, 6.45) is 3.43. The van der Waals surface area contributed by atoms with Crippen molar-refractivity contribution in [2.24, 2.45) is 0 Å². The Morgan fingerprint density at radius 3 is 2.62 bits per heavy atom. The number of aromatic amines is 1. The zero-order chi connectivity index (χ0) is 22.0. The molecular formula is C20H32N2O6Si. The van der Waals surface area contributed by atoms with Gasteiger partial charge in [-0.15, -0.1) is 0 Å². The third kappa shape index (κ3) is 5.55. The van der Waals surface area contributed by atoms with Gasteiger partial charge in [-0.1, -0.05) is 20.8 Å². The maximum absolute atomic E-state index is 12.3. The van der Waals surface area contributed by atoms with E-state index in [1.807, 2.05) is 0 Å². The lowest BCUT2D eigenvalue weighted by atomic mass is 10.1. The number of nitrogens with one attached hydrogen (secondary N) is 1. The lowest BCUT2D eigenvalue weighted by Gasteiger charge is -2.39. The van der Waals surface area contributed by atoms with Crippen LogP contribution in [0.1, 0.15) is 45.9 Å². The molecule has 1 unspecified atom stereocenters. The second-order valence-electron chi connectivity index (χ2n) is 8.80. The number of rotatable bonds is 6. The minimum Gasteiger partial charge on any atom is -0.463 e. The van der Waals surface area contributed by atoms with E-state index in [9.17, 15) is 14.4 Å². The molecule has 1 aromatic heterocycles. The van der Waals surface area contributed by atoms with Crippen molar-refractivity contribution in [2.75, 3.05) is 6.61 Å². The van der Waals surface area contributed by atoms with Gasteiger partial charge in [0.1, 0.15) is 12.3 Å². The van der Waals surface area contributed by atoms with E-state index >= 15 is 0 Å². The molecule has 29 heavy (non-hydrogen) atoms. The van der Waals surface area contributed by atoms with Crippen LogP contribution in [0.25, 0.3) is 0 Å². The van der Waals surface area contributed by atoms with Crippen LogP contribution in [0, 0.1) is 6.92 Å². The van der Waals surface area contributed by atoms with Gasteiger partial charge >= 0.3 is 11.7 Å². The van der Waals surface area contributed by atoms with Crippen LogP contribution >= 0.6 is 0 Å². The maximum Gasteiger partial charge on any atom is 0.330 e. The summed E-state index contributed by atoms with van der Waals surface area (Å²) in [6.45, 7) is 14.4. The van der Waals surface area contributed by atoms with E-state index in [-0.39, 0.29) is 17.7 Å². The van der Waals surface area contributed by atoms with E-state index in [1.165, 1.54) is 16.8 Å². The molecule has 1 aromatic rings. The van der Waals surface area contributed by atoms with Crippen LogP contribution in [-0.2, 0) is 18.7 Å². The van der Waals surface area contributed by atoms with E-state index in [4.69, 9.17) is 13.9 Å². The second kappa shape index (κ2) is 8.81. The van der Waals surface area contributed by atoms with Crippen molar-refractivity contribution < 1.29 is 18.7 Å². The third-order valence-electron chi connectivity index (χ3n) is 5.53. The molecule has 1 aliphatic rings. The molecule has 1 fully saturated rings. The summed E-state index contributed by atoms with van der Waals surface area (Å²) in [5.41, 5.74) is -0.538. The van der Waals surface area contributed by atoms with E-state index in [2.05, 4.69) is 38.8 Å². The van der Waals surface area contributed by atoms with Crippen molar-refractivity contribution in [1.82, 2.24) is 9.55 Å². The number of carbonyl (C=O) groups excluding carboxylic acids is 1. The van der Waals surface area contributed by atoms with Gasteiger partial charge in [0.15, 0.2) is 8.32 Å². The standard InChI is InChI=1S/C20H32N2O6Si/c1-8-26-17(23)10-9-14-15(28-29(6,7)20(3,4)5)11-16(27-14)22-12-13(2)18(24)21-19(22)25/h9-10,12,14-16H,8,11H2,1-7H3,(H,21,24,25)/t14-,15?,16-/m1/s1. The van der Waals surface area contributed by atoms with Crippen LogP contribution in [0.4, 0.5) is 0 Å². The molecular weight excluding hydrogens is 392 g/mol. The first-order chi connectivity index (χ1) is 13.4. The van der Waals surface area contributed by atoms with E-state index in [0.29, 0.717) is 12.0 Å². The largest absolute Gasteiger partial charge is 0.463 e. The fourth-order valence-electron chi connectivity index (χ4n) is 2.84. The van der Waals surface area contributed by atoms with Crippen LogP contribution in [0.2, 0.25) is 18.1 Å². The van der Waals surface area contributed by atoms with E-state index < -0.39 is 37.9 Å². The highest BCUT2D eigenvalue weighted by Crippen LogP contribution is 2.41. The first-order valence-corrected chi connectivity index (χ1v) is 12.8. The van der Waals surface area contributed by atoms with Crippen LogP contribution in [0.5, 0.6) is 0 Å². The Labute approximate surface area is 172 Å². The number of esters is 1. The number of aryl methyl sites for hydroxylation is 1. The molecule has 9 heteroatoms. The van der Waals surface area contributed by atoms with Crippen molar-refractivity contribution in [2.45, 2.75) is 77.6 Å². The van der Waals surface area contributed by atoms with Crippen molar-refractivity contribution in [3.63, 3.8) is 0 Å². The van der Waals surface area contributed by atoms with Crippen molar-refractivity contribution in [3.8, 4) is 0 Å². The molecule has 1 aliphatic heterocycles. The molecule has 162 valence electrons. The molecule has 3 atom stereocenters. The number of nitrogens with zero attached hydrogens (tertiary/aromatic N) is 1. The minimum atomic E-state index is -2.12. The molecule has 0 spiro atoms.